The van der Waals surface area contributed by atoms with Gasteiger partial charge in [0.25, 0.3) is 0 Å². The lowest BCUT2D eigenvalue weighted by molar-refractivity contribution is 0.412. The topological polar surface area (TPSA) is 22.1 Å². The summed E-state index contributed by atoms with van der Waals surface area (Å²) in [6.45, 7) is 2.02. The quantitative estimate of drug-likeness (QED) is 0.755. The molecule has 0 amide bonds. The number of nitrogens with zero attached hydrogens (tertiary/aromatic N) is 1. The monoisotopic (exact) mass is 305 g/mol. The zero-order valence-corrected chi connectivity index (χ0v) is 10.3. The van der Waals surface area contributed by atoms with Crippen molar-refractivity contribution < 1.29 is 4.74 Å². The molecule has 2 aromatic rings. The highest BCUT2D eigenvalue weighted by molar-refractivity contribution is 14.1. The smallest absolute Gasteiger partial charge is 0.133 e. The molecule has 0 spiro atoms. The number of halogens is 1. The van der Waals surface area contributed by atoms with Crippen LogP contribution in [0.1, 0.15) is 5.01 Å². The van der Waals surface area contributed by atoms with Crippen LogP contribution in [0.2, 0.25) is 0 Å². The Bertz CT molecular complexity index is 452. The lowest BCUT2D eigenvalue weighted by Crippen LogP contribution is -1.85. The van der Waals surface area contributed by atoms with Crippen molar-refractivity contribution in [3.05, 3.63) is 20.7 Å². The summed E-state index contributed by atoms with van der Waals surface area (Å²) >= 11 is 4.01. The van der Waals surface area contributed by atoms with Crippen molar-refractivity contribution in [2.45, 2.75) is 6.92 Å². The standard InChI is InChI=1S/C9H8INOS/c1-5-11-6-3-4-7(12-2)8(10)9(6)13-5/h3-4H,1-2H3. The van der Waals surface area contributed by atoms with Gasteiger partial charge in [-0.1, -0.05) is 0 Å². The van der Waals surface area contributed by atoms with Crippen LogP contribution >= 0.6 is 33.9 Å². The Balaban J connectivity index is 2.78. The number of thiazole rings is 1. The molecule has 2 nitrogen and oxygen atoms in total. The molecule has 0 atom stereocenters. The minimum Gasteiger partial charge on any atom is -0.496 e. The number of hydrogen-bond acceptors (Lipinski definition) is 3. The highest BCUT2D eigenvalue weighted by atomic mass is 127. The van der Waals surface area contributed by atoms with Gasteiger partial charge in [-0.3, -0.25) is 0 Å². The first-order valence-corrected chi connectivity index (χ1v) is 5.71. The van der Waals surface area contributed by atoms with Crippen LogP contribution in [0.4, 0.5) is 0 Å². The average Bonchev–Trinajstić information content (AvgIpc) is 2.47. The Morgan fingerprint density at radius 1 is 1.46 bits per heavy atom. The summed E-state index contributed by atoms with van der Waals surface area (Å²) in [6.07, 6.45) is 0. The molecule has 1 heterocycles. The van der Waals surface area contributed by atoms with E-state index in [9.17, 15) is 0 Å². The first-order valence-electron chi connectivity index (χ1n) is 3.82. The van der Waals surface area contributed by atoms with Crippen LogP contribution in [-0.2, 0) is 0 Å². The van der Waals surface area contributed by atoms with Crippen LogP contribution < -0.4 is 4.74 Å². The number of methoxy groups -OCH3 is 1. The lowest BCUT2D eigenvalue weighted by Gasteiger charge is -2.01. The normalized spacial score (nSPS) is 10.7. The van der Waals surface area contributed by atoms with Gasteiger partial charge in [-0.15, -0.1) is 11.3 Å². The molecular weight excluding hydrogens is 297 g/mol. The molecule has 0 bridgehead atoms. The molecule has 13 heavy (non-hydrogen) atoms. The summed E-state index contributed by atoms with van der Waals surface area (Å²) in [5, 5.41) is 1.10. The van der Waals surface area contributed by atoms with Crippen LogP contribution in [-0.4, -0.2) is 12.1 Å². The molecule has 0 unspecified atom stereocenters. The van der Waals surface area contributed by atoms with E-state index in [1.54, 1.807) is 18.4 Å². The van der Waals surface area contributed by atoms with Crippen LogP contribution in [0.15, 0.2) is 12.1 Å². The second-order valence-electron chi connectivity index (χ2n) is 2.66. The van der Waals surface area contributed by atoms with Crippen molar-refractivity contribution in [2.24, 2.45) is 0 Å². The molecule has 0 radical (unpaired) electrons. The number of hydrogen-bond donors (Lipinski definition) is 0. The zero-order chi connectivity index (χ0) is 9.42. The molecule has 68 valence electrons. The van der Waals surface area contributed by atoms with Crippen molar-refractivity contribution in [1.82, 2.24) is 4.98 Å². The summed E-state index contributed by atoms with van der Waals surface area (Å²) in [4.78, 5) is 4.41. The third kappa shape index (κ3) is 1.52. The molecule has 0 N–H and O–H groups in total. The molecule has 0 aliphatic heterocycles. The van der Waals surface area contributed by atoms with Gasteiger partial charge in [-0.25, -0.2) is 4.98 Å². The van der Waals surface area contributed by atoms with E-state index in [4.69, 9.17) is 4.74 Å². The maximum Gasteiger partial charge on any atom is 0.133 e. The van der Waals surface area contributed by atoms with Gasteiger partial charge >= 0.3 is 0 Å². The Morgan fingerprint density at radius 3 is 2.92 bits per heavy atom. The maximum atomic E-state index is 5.23. The highest BCUT2D eigenvalue weighted by Gasteiger charge is 2.08. The second-order valence-corrected chi connectivity index (χ2v) is 4.94. The SMILES string of the molecule is COc1ccc2nc(C)sc2c1I. The fraction of sp³-hybridized carbons (Fsp3) is 0.222. The van der Waals surface area contributed by atoms with E-state index in [2.05, 4.69) is 27.6 Å². The van der Waals surface area contributed by atoms with Gasteiger partial charge in [0.15, 0.2) is 0 Å². The highest BCUT2D eigenvalue weighted by Crippen LogP contribution is 2.32. The fourth-order valence-electron chi connectivity index (χ4n) is 1.21. The first-order chi connectivity index (χ1) is 6.22. The van der Waals surface area contributed by atoms with Gasteiger partial charge in [0.2, 0.25) is 0 Å². The van der Waals surface area contributed by atoms with Crippen molar-refractivity contribution >= 4 is 44.1 Å². The van der Waals surface area contributed by atoms with Gasteiger partial charge in [0.1, 0.15) is 5.75 Å². The van der Waals surface area contributed by atoms with Gasteiger partial charge in [0.05, 0.1) is 25.9 Å². The van der Waals surface area contributed by atoms with Crippen LogP contribution in [0.3, 0.4) is 0 Å². The minimum absolute atomic E-state index is 0.928. The first kappa shape index (κ1) is 9.21. The summed E-state index contributed by atoms with van der Waals surface area (Å²) in [5.74, 6) is 0.928. The zero-order valence-electron chi connectivity index (χ0n) is 7.30. The van der Waals surface area contributed by atoms with Gasteiger partial charge < -0.3 is 4.74 Å². The molecule has 0 saturated carbocycles. The van der Waals surface area contributed by atoms with Crippen LogP contribution in [0, 0.1) is 10.5 Å². The van der Waals surface area contributed by atoms with Gasteiger partial charge in [-0.2, -0.15) is 0 Å². The number of aromatic nitrogens is 1. The van der Waals surface area contributed by atoms with E-state index in [0.717, 1.165) is 19.8 Å². The molecule has 4 heteroatoms. The minimum atomic E-state index is 0.928. The lowest BCUT2D eigenvalue weighted by atomic mass is 10.3. The third-order valence-corrected chi connectivity index (χ3v) is 4.23. The number of rotatable bonds is 1. The Kier molecular flexibility index (Phi) is 2.42. The van der Waals surface area contributed by atoms with Crippen molar-refractivity contribution in [2.75, 3.05) is 7.11 Å². The number of benzene rings is 1. The Labute approximate surface area is 94.1 Å². The molecule has 0 saturated heterocycles. The second kappa shape index (κ2) is 3.42. The molecule has 0 fully saturated rings. The van der Waals surface area contributed by atoms with E-state index < -0.39 is 0 Å². The van der Waals surface area contributed by atoms with Crippen molar-refractivity contribution in [3.8, 4) is 5.75 Å². The molecule has 1 aromatic carbocycles. The molecule has 0 aliphatic rings. The maximum absolute atomic E-state index is 5.23. The van der Waals surface area contributed by atoms with E-state index >= 15 is 0 Å². The summed E-state index contributed by atoms with van der Waals surface area (Å²) in [6, 6.07) is 3.96. The molecule has 2 rings (SSSR count). The summed E-state index contributed by atoms with van der Waals surface area (Å²) < 4.78 is 7.61. The Morgan fingerprint density at radius 2 is 2.23 bits per heavy atom. The van der Waals surface area contributed by atoms with Crippen LogP contribution in [0.5, 0.6) is 5.75 Å². The van der Waals surface area contributed by atoms with E-state index in [1.807, 2.05) is 19.1 Å². The van der Waals surface area contributed by atoms with Crippen LogP contribution in [0.25, 0.3) is 10.2 Å². The van der Waals surface area contributed by atoms with Crippen molar-refractivity contribution in [3.63, 3.8) is 0 Å². The molecule has 1 aromatic heterocycles. The van der Waals surface area contributed by atoms with Gasteiger partial charge in [0, 0.05) is 0 Å². The Hall–Kier alpha value is -0.360. The predicted octanol–water partition coefficient (Wildman–Crippen LogP) is 3.22. The van der Waals surface area contributed by atoms with E-state index in [0.29, 0.717) is 0 Å². The third-order valence-electron chi connectivity index (χ3n) is 1.79. The average molecular weight is 305 g/mol. The fourth-order valence-corrected chi connectivity index (χ4v) is 3.07. The molecule has 0 aliphatic carbocycles. The van der Waals surface area contributed by atoms with Gasteiger partial charge in [-0.05, 0) is 41.6 Å². The predicted molar refractivity (Wildman–Crippen MR) is 63.6 cm³/mol. The van der Waals surface area contributed by atoms with Crippen molar-refractivity contribution in [1.29, 1.82) is 0 Å². The number of ether oxygens (including phenoxy) is 1. The van der Waals surface area contributed by atoms with E-state index in [1.165, 1.54) is 4.70 Å². The largest absolute Gasteiger partial charge is 0.496 e. The number of fused-ring (bicyclic) bond motifs is 1. The van der Waals surface area contributed by atoms with E-state index in [-0.39, 0.29) is 0 Å². The summed E-state index contributed by atoms with van der Waals surface area (Å²) in [7, 11) is 1.69. The molecular formula is C9H8INOS. The summed E-state index contributed by atoms with van der Waals surface area (Å²) in [5.41, 5.74) is 1.06. The number of aryl methyl sites for hydroxylation is 1.